The molecule has 1 atom stereocenters. The van der Waals surface area contributed by atoms with Gasteiger partial charge in [0.05, 0.1) is 26.7 Å². The second-order valence-corrected chi connectivity index (χ2v) is 6.48. The van der Waals surface area contributed by atoms with Crippen LogP contribution in [0.1, 0.15) is 40.0 Å². The summed E-state index contributed by atoms with van der Waals surface area (Å²) >= 11 is 0. The summed E-state index contributed by atoms with van der Waals surface area (Å²) in [5.74, 6) is 0.809. The molecule has 0 aromatic carbocycles. The van der Waals surface area contributed by atoms with Crippen LogP contribution in [0.2, 0.25) is 0 Å². The summed E-state index contributed by atoms with van der Waals surface area (Å²) in [6.07, 6.45) is 4.19. The van der Waals surface area contributed by atoms with Gasteiger partial charge in [0.2, 0.25) is 0 Å². The number of hydrogen-bond acceptors (Lipinski definition) is 1. The van der Waals surface area contributed by atoms with E-state index in [1.807, 2.05) is 0 Å². The first-order valence-corrected chi connectivity index (χ1v) is 6.51. The maximum Gasteiger partial charge on any atom is 0.103 e. The van der Waals surface area contributed by atoms with Crippen LogP contribution in [0, 0.1) is 11.3 Å². The molecule has 0 amide bonds. The van der Waals surface area contributed by atoms with Gasteiger partial charge in [0.1, 0.15) is 6.54 Å². The molecule has 1 saturated carbocycles. The molecule has 1 saturated heterocycles. The molecule has 0 N–H and O–H groups in total. The number of quaternary nitrogens is 1. The average Bonchev–Trinajstić information content (AvgIpc) is 2.91. The predicted octanol–water partition coefficient (Wildman–Crippen LogP) is 2.51. The SMILES string of the molecule is CCC1(C(C)C)CN(C2CC2)[N+](C)(C)C1. The fraction of sp³-hybridized carbons (Fsp3) is 1.00. The van der Waals surface area contributed by atoms with Crippen LogP contribution in [-0.2, 0) is 0 Å². The van der Waals surface area contributed by atoms with Gasteiger partial charge in [-0.1, -0.05) is 20.8 Å². The Kier molecular flexibility index (Phi) is 2.63. The van der Waals surface area contributed by atoms with Crippen LogP contribution in [0.25, 0.3) is 0 Å². The van der Waals surface area contributed by atoms with E-state index in [2.05, 4.69) is 39.9 Å². The molecule has 1 heterocycles. The van der Waals surface area contributed by atoms with Gasteiger partial charge >= 0.3 is 0 Å². The minimum Gasteiger partial charge on any atom is -0.247 e. The first-order valence-electron chi connectivity index (χ1n) is 6.51. The van der Waals surface area contributed by atoms with Crippen molar-refractivity contribution in [1.82, 2.24) is 5.01 Å². The van der Waals surface area contributed by atoms with Crippen molar-refractivity contribution in [2.45, 2.75) is 46.1 Å². The summed E-state index contributed by atoms with van der Waals surface area (Å²) in [6, 6.07) is 0.896. The first kappa shape index (κ1) is 11.4. The zero-order valence-corrected chi connectivity index (χ0v) is 11.1. The lowest BCUT2D eigenvalue weighted by molar-refractivity contribution is -0.992. The lowest BCUT2D eigenvalue weighted by atomic mass is 9.75. The third kappa shape index (κ3) is 1.83. The molecule has 88 valence electrons. The second-order valence-electron chi connectivity index (χ2n) is 6.48. The molecular formula is C13H27N2+. The van der Waals surface area contributed by atoms with Crippen molar-refractivity contribution in [3.05, 3.63) is 0 Å². The highest BCUT2D eigenvalue weighted by molar-refractivity contribution is 4.92. The van der Waals surface area contributed by atoms with E-state index >= 15 is 0 Å². The third-order valence-corrected chi connectivity index (χ3v) is 4.77. The van der Waals surface area contributed by atoms with E-state index in [9.17, 15) is 0 Å². The normalized spacial score (nSPS) is 36.4. The molecule has 0 radical (unpaired) electrons. The molecular weight excluding hydrogens is 184 g/mol. The van der Waals surface area contributed by atoms with Crippen LogP contribution >= 0.6 is 0 Å². The summed E-state index contributed by atoms with van der Waals surface area (Å²) in [5.41, 5.74) is 0.562. The van der Waals surface area contributed by atoms with Crippen LogP contribution in [0.15, 0.2) is 0 Å². The first-order chi connectivity index (χ1) is 6.91. The molecule has 1 aliphatic carbocycles. The number of hydrogen-bond donors (Lipinski definition) is 0. The molecule has 0 bridgehead atoms. The van der Waals surface area contributed by atoms with Crippen LogP contribution < -0.4 is 0 Å². The summed E-state index contributed by atoms with van der Waals surface area (Å²) in [6.45, 7) is 9.83. The van der Waals surface area contributed by atoms with E-state index in [4.69, 9.17) is 0 Å². The average molecular weight is 211 g/mol. The van der Waals surface area contributed by atoms with Crippen molar-refractivity contribution >= 4 is 0 Å². The van der Waals surface area contributed by atoms with Crippen molar-refractivity contribution in [3.63, 3.8) is 0 Å². The smallest absolute Gasteiger partial charge is 0.103 e. The van der Waals surface area contributed by atoms with Gasteiger partial charge in [0, 0.05) is 5.41 Å². The molecule has 15 heavy (non-hydrogen) atoms. The Bertz CT molecular complexity index is 243. The fourth-order valence-corrected chi connectivity index (χ4v) is 3.37. The van der Waals surface area contributed by atoms with Gasteiger partial charge in [-0.15, -0.1) is 0 Å². The van der Waals surface area contributed by atoms with E-state index in [0.717, 1.165) is 16.6 Å². The Morgan fingerprint density at radius 1 is 1.33 bits per heavy atom. The highest BCUT2D eigenvalue weighted by Crippen LogP contribution is 2.45. The molecule has 1 aliphatic heterocycles. The Morgan fingerprint density at radius 3 is 2.27 bits per heavy atom. The summed E-state index contributed by atoms with van der Waals surface area (Å²) in [4.78, 5) is 0. The number of nitrogens with zero attached hydrogens (tertiary/aromatic N) is 2. The zero-order valence-electron chi connectivity index (χ0n) is 11.1. The Labute approximate surface area is 94.8 Å². The zero-order chi connectivity index (χ0) is 11.3. The Morgan fingerprint density at radius 2 is 1.93 bits per heavy atom. The van der Waals surface area contributed by atoms with Gasteiger partial charge in [0.15, 0.2) is 0 Å². The van der Waals surface area contributed by atoms with Gasteiger partial charge in [-0.05, 0) is 25.2 Å². The van der Waals surface area contributed by atoms with Crippen LogP contribution in [0.5, 0.6) is 0 Å². The van der Waals surface area contributed by atoms with E-state index in [-0.39, 0.29) is 0 Å². The summed E-state index contributed by atoms with van der Waals surface area (Å²) in [7, 11) is 4.77. The van der Waals surface area contributed by atoms with Gasteiger partial charge in [-0.25, -0.2) is 4.59 Å². The van der Waals surface area contributed by atoms with Crippen molar-refractivity contribution < 1.29 is 4.59 Å². The molecule has 2 nitrogen and oxygen atoms in total. The van der Waals surface area contributed by atoms with Gasteiger partial charge in [-0.2, -0.15) is 5.01 Å². The molecule has 2 rings (SSSR count). The van der Waals surface area contributed by atoms with Crippen molar-refractivity contribution in [2.75, 3.05) is 27.2 Å². The lowest BCUT2D eigenvalue weighted by Crippen LogP contribution is -2.50. The van der Waals surface area contributed by atoms with Crippen molar-refractivity contribution in [1.29, 1.82) is 0 Å². The highest BCUT2D eigenvalue weighted by atomic mass is 15.8. The molecule has 0 aromatic rings. The molecule has 0 aromatic heterocycles. The van der Waals surface area contributed by atoms with E-state index in [0.29, 0.717) is 5.41 Å². The molecule has 1 unspecified atom stereocenters. The van der Waals surface area contributed by atoms with E-state index in [1.165, 1.54) is 32.4 Å². The van der Waals surface area contributed by atoms with E-state index in [1.54, 1.807) is 0 Å². The van der Waals surface area contributed by atoms with Crippen LogP contribution in [0.4, 0.5) is 0 Å². The van der Waals surface area contributed by atoms with Crippen molar-refractivity contribution in [2.24, 2.45) is 11.3 Å². The molecule has 2 heteroatoms. The van der Waals surface area contributed by atoms with E-state index < -0.39 is 0 Å². The molecule has 2 aliphatic rings. The Balaban J connectivity index is 2.18. The lowest BCUT2D eigenvalue weighted by Gasteiger charge is -2.33. The predicted molar refractivity (Wildman–Crippen MR) is 64.3 cm³/mol. The third-order valence-electron chi connectivity index (χ3n) is 4.77. The maximum atomic E-state index is 2.74. The van der Waals surface area contributed by atoms with Gasteiger partial charge < -0.3 is 0 Å². The standard InChI is InChI=1S/C13H27N2/c1-6-13(11(2)3)9-14(12-7-8-12)15(4,5)10-13/h11-12H,6-10H2,1-5H3/q+1. The quantitative estimate of drug-likeness (QED) is 0.648. The summed E-state index contributed by atoms with van der Waals surface area (Å²) < 4.78 is 1.12. The van der Waals surface area contributed by atoms with Gasteiger partial charge in [-0.3, -0.25) is 0 Å². The number of rotatable bonds is 3. The van der Waals surface area contributed by atoms with Crippen molar-refractivity contribution in [3.8, 4) is 0 Å². The minimum atomic E-state index is 0.562. The van der Waals surface area contributed by atoms with Gasteiger partial charge in [0.25, 0.3) is 0 Å². The second kappa shape index (κ2) is 3.46. The topological polar surface area (TPSA) is 3.24 Å². The molecule has 0 spiro atoms. The summed E-state index contributed by atoms with van der Waals surface area (Å²) in [5, 5.41) is 2.74. The monoisotopic (exact) mass is 211 g/mol. The maximum absolute atomic E-state index is 2.74. The van der Waals surface area contributed by atoms with Crippen LogP contribution in [0.3, 0.4) is 0 Å². The molecule has 2 fully saturated rings. The van der Waals surface area contributed by atoms with Crippen LogP contribution in [-0.4, -0.2) is 42.8 Å². The largest absolute Gasteiger partial charge is 0.247 e. The minimum absolute atomic E-state index is 0.562. The fourth-order valence-electron chi connectivity index (χ4n) is 3.37. The Hall–Kier alpha value is -0.0800. The highest BCUT2D eigenvalue weighted by Gasteiger charge is 2.54.